The van der Waals surface area contributed by atoms with Gasteiger partial charge >= 0.3 is 0 Å². The molecule has 1 aromatic rings. The van der Waals surface area contributed by atoms with E-state index in [4.69, 9.17) is 0 Å². The van der Waals surface area contributed by atoms with Crippen LogP contribution in [-0.2, 0) is 4.79 Å². The van der Waals surface area contributed by atoms with E-state index in [0.29, 0.717) is 12.3 Å². The van der Waals surface area contributed by atoms with Crippen molar-refractivity contribution in [3.05, 3.63) is 29.3 Å². The van der Waals surface area contributed by atoms with E-state index >= 15 is 0 Å². The van der Waals surface area contributed by atoms with Crippen molar-refractivity contribution in [1.82, 2.24) is 10.2 Å². The molecule has 1 aromatic carbocycles. The van der Waals surface area contributed by atoms with E-state index in [1.54, 1.807) is 11.8 Å². The van der Waals surface area contributed by atoms with Crippen LogP contribution in [0.1, 0.15) is 30.4 Å². The Morgan fingerprint density at radius 2 is 1.83 bits per heavy atom. The molecule has 0 spiro atoms. The highest BCUT2D eigenvalue weighted by atomic mass is 35.5. The largest absolute Gasteiger partial charge is 0.343 e. The molecule has 134 valence electrons. The van der Waals surface area contributed by atoms with Gasteiger partial charge in [-0.3, -0.25) is 4.79 Å². The first-order valence-corrected chi connectivity index (χ1v) is 9.80. The zero-order valence-corrected chi connectivity index (χ0v) is 16.3. The van der Waals surface area contributed by atoms with E-state index in [-0.39, 0.29) is 12.4 Å². The fourth-order valence-corrected chi connectivity index (χ4v) is 4.62. The number of carbonyl (C=O) groups is 1. The normalized spacial score (nSPS) is 23.3. The summed E-state index contributed by atoms with van der Waals surface area (Å²) in [5.74, 6) is 2.80. The Kier molecular flexibility index (Phi) is 7.45. The molecule has 2 aliphatic rings. The third-order valence-electron chi connectivity index (χ3n) is 5.44. The van der Waals surface area contributed by atoms with Crippen LogP contribution >= 0.6 is 24.2 Å². The van der Waals surface area contributed by atoms with Crippen LogP contribution in [0.3, 0.4) is 0 Å². The second kappa shape index (κ2) is 9.12. The summed E-state index contributed by atoms with van der Waals surface area (Å²) in [4.78, 5) is 15.9. The fourth-order valence-electron chi connectivity index (χ4n) is 3.69. The molecule has 0 aromatic heterocycles. The second-order valence-corrected chi connectivity index (χ2v) is 8.15. The third-order valence-corrected chi connectivity index (χ3v) is 6.43. The van der Waals surface area contributed by atoms with E-state index in [0.717, 1.165) is 43.8 Å². The Bertz CT molecular complexity index is 552. The van der Waals surface area contributed by atoms with Crippen LogP contribution in [0.4, 0.5) is 0 Å². The molecule has 0 saturated carbocycles. The lowest BCUT2D eigenvalue weighted by Gasteiger charge is -2.21. The van der Waals surface area contributed by atoms with Gasteiger partial charge in [0.05, 0.1) is 0 Å². The van der Waals surface area contributed by atoms with Crippen molar-refractivity contribution >= 4 is 30.1 Å². The van der Waals surface area contributed by atoms with Crippen LogP contribution in [0, 0.1) is 25.7 Å². The van der Waals surface area contributed by atoms with E-state index in [1.165, 1.54) is 28.9 Å². The average Bonchev–Trinajstić information content (AvgIpc) is 2.89. The summed E-state index contributed by atoms with van der Waals surface area (Å²) >= 11 is 1.80. The molecule has 1 N–H and O–H groups in total. The maximum atomic E-state index is 12.5. The number of amides is 1. The summed E-state index contributed by atoms with van der Waals surface area (Å²) in [5.41, 5.74) is 2.66. The van der Waals surface area contributed by atoms with E-state index in [2.05, 4.69) is 42.3 Å². The highest BCUT2D eigenvalue weighted by Crippen LogP contribution is 2.28. The molecule has 0 bridgehead atoms. The highest BCUT2D eigenvalue weighted by Gasteiger charge is 2.31. The number of thioether (sulfide) groups is 1. The van der Waals surface area contributed by atoms with E-state index in [1.807, 2.05) is 0 Å². The molecule has 2 aliphatic heterocycles. The van der Waals surface area contributed by atoms with Crippen LogP contribution in [-0.4, -0.2) is 42.7 Å². The molecular formula is C19H29ClN2OS. The van der Waals surface area contributed by atoms with Gasteiger partial charge in [0.25, 0.3) is 0 Å². The van der Waals surface area contributed by atoms with Gasteiger partial charge in [0, 0.05) is 30.2 Å². The number of benzene rings is 1. The second-order valence-electron chi connectivity index (χ2n) is 6.98. The summed E-state index contributed by atoms with van der Waals surface area (Å²) < 4.78 is 0. The molecule has 2 fully saturated rings. The van der Waals surface area contributed by atoms with Crippen molar-refractivity contribution in [1.29, 1.82) is 0 Å². The van der Waals surface area contributed by atoms with Crippen molar-refractivity contribution < 1.29 is 4.79 Å². The van der Waals surface area contributed by atoms with Gasteiger partial charge < -0.3 is 10.2 Å². The molecule has 0 radical (unpaired) electrons. The predicted molar refractivity (Wildman–Crippen MR) is 104 cm³/mol. The first kappa shape index (κ1) is 19.6. The highest BCUT2D eigenvalue weighted by molar-refractivity contribution is 7.99. The van der Waals surface area contributed by atoms with Gasteiger partial charge in [0.2, 0.25) is 5.91 Å². The Balaban J connectivity index is 0.00000208. The third kappa shape index (κ3) is 4.90. The summed E-state index contributed by atoms with van der Waals surface area (Å²) in [6, 6.07) is 6.56. The molecule has 24 heavy (non-hydrogen) atoms. The molecule has 3 nitrogen and oxygen atoms in total. The van der Waals surface area contributed by atoms with Gasteiger partial charge in [-0.15, -0.1) is 24.2 Å². The van der Waals surface area contributed by atoms with Gasteiger partial charge in [0.1, 0.15) is 0 Å². The number of halogens is 1. The zero-order valence-electron chi connectivity index (χ0n) is 14.7. The molecule has 2 heterocycles. The molecule has 2 atom stereocenters. The van der Waals surface area contributed by atoms with Gasteiger partial charge in [-0.25, -0.2) is 0 Å². The van der Waals surface area contributed by atoms with Crippen molar-refractivity contribution in [3.8, 4) is 0 Å². The minimum atomic E-state index is 0. The number of hydrogen-bond donors (Lipinski definition) is 1. The first-order chi connectivity index (χ1) is 11.1. The van der Waals surface area contributed by atoms with E-state index in [9.17, 15) is 4.79 Å². The molecule has 2 saturated heterocycles. The summed E-state index contributed by atoms with van der Waals surface area (Å²) in [6.45, 7) is 8.49. The van der Waals surface area contributed by atoms with Gasteiger partial charge in [0.15, 0.2) is 0 Å². The SMILES string of the molecule is Cc1ccc(SCCC(=O)N2CC[C@@H]3CNC[C@@H]3CC2)cc1C.Cl. The van der Waals surface area contributed by atoms with Crippen LogP contribution in [0.25, 0.3) is 0 Å². The Morgan fingerprint density at radius 3 is 2.46 bits per heavy atom. The number of fused-ring (bicyclic) bond motifs is 1. The van der Waals surface area contributed by atoms with Gasteiger partial charge in [-0.2, -0.15) is 0 Å². The molecule has 3 rings (SSSR count). The molecule has 0 aliphatic carbocycles. The number of hydrogen-bond acceptors (Lipinski definition) is 3. The first-order valence-electron chi connectivity index (χ1n) is 8.82. The summed E-state index contributed by atoms with van der Waals surface area (Å²) in [7, 11) is 0. The minimum absolute atomic E-state index is 0. The lowest BCUT2D eigenvalue weighted by Crippen LogP contribution is -2.32. The summed E-state index contributed by atoms with van der Waals surface area (Å²) in [6.07, 6.45) is 3.01. The molecule has 1 amide bonds. The number of rotatable bonds is 4. The van der Waals surface area contributed by atoms with Crippen LogP contribution in [0.15, 0.2) is 23.1 Å². The Labute approximate surface area is 156 Å². The molecule has 0 unspecified atom stereocenters. The van der Waals surface area contributed by atoms with Gasteiger partial charge in [-0.05, 0) is 74.9 Å². The van der Waals surface area contributed by atoms with Crippen molar-refractivity contribution in [2.45, 2.75) is 38.0 Å². The monoisotopic (exact) mass is 368 g/mol. The van der Waals surface area contributed by atoms with Crippen molar-refractivity contribution in [2.75, 3.05) is 31.9 Å². The number of nitrogens with zero attached hydrogens (tertiary/aromatic N) is 1. The van der Waals surface area contributed by atoms with Crippen molar-refractivity contribution in [3.63, 3.8) is 0 Å². The summed E-state index contributed by atoms with van der Waals surface area (Å²) in [5, 5.41) is 3.49. The van der Waals surface area contributed by atoms with Crippen LogP contribution < -0.4 is 5.32 Å². The Morgan fingerprint density at radius 1 is 1.17 bits per heavy atom. The van der Waals surface area contributed by atoms with Crippen LogP contribution in [0.2, 0.25) is 0 Å². The standard InChI is InChI=1S/C19H28N2OS.ClH/c1-14-3-4-18(11-15(14)2)23-10-7-19(22)21-8-5-16-12-20-13-17(16)6-9-21;/h3-4,11,16-17,20H,5-10,12-13H2,1-2H3;1H/t16-,17+;. The van der Waals surface area contributed by atoms with Crippen LogP contribution in [0.5, 0.6) is 0 Å². The number of aryl methyl sites for hydroxylation is 2. The number of likely N-dealkylation sites (tertiary alicyclic amines) is 1. The fraction of sp³-hybridized carbons (Fsp3) is 0.632. The topological polar surface area (TPSA) is 32.3 Å². The van der Waals surface area contributed by atoms with E-state index < -0.39 is 0 Å². The van der Waals surface area contributed by atoms with Gasteiger partial charge in [-0.1, -0.05) is 6.07 Å². The van der Waals surface area contributed by atoms with Crippen molar-refractivity contribution in [2.24, 2.45) is 11.8 Å². The maximum Gasteiger partial charge on any atom is 0.223 e. The number of nitrogens with one attached hydrogen (secondary N) is 1. The molecule has 5 heteroatoms. The lowest BCUT2D eigenvalue weighted by molar-refractivity contribution is -0.130. The Hall–Kier alpha value is -0.710. The quantitative estimate of drug-likeness (QED) is 0.823. The minimum Gasteiger partial charge on any atom is -0.343 e. The zero-order chi connectivity index (χ0) is 16.2. The maximum absolute atomic E-state index is 12.5. The number of carbonyl (C=O) groups excluding carboxylic acids is 1. The lowest BCUT2D eigenvalue weighted by atomic mass is 9.92. The smallest absolute Gasteiger partial charge is 0.223 e. The average molecular weight is 369 g/mol. The molecular weight excluding hydrogens is 340 g/mol. The predicted octanol–water partition coefficient (Wildman–Crippen LogP) is 3.67.